The Morgan fingerprint density at radius 3 is 2.38 bits per heavy atom. The Balaban J connectivity index is 2.14. The molecule has 0 heterocycles. The van der Waals surface area contributed by atoms with Crippen LogP contribution in [0.2, 0.25) is 0 Å². The van der Waals surface area contributed by atoms with Gasteiger partial charge in [0.25, 0.3) is 0 Å². The second-order valence-electron chi connectivity index (χ2n) is 5.02. The van der Waals surface area contributed by atoms with Gasteiger partial charge in [-0.2, -0.15) is 0 Å². The summed E-state index contributed by atoms with van der Waals surface area (Å²) in [5.74, 6) is 1.35. The highest BCUT2D eigenvalue weighted by Crippen LogP contribution is 2.31. The summed E-state index contributed by atoms with van der Waals surface area (Å²) < 4.78 is 11.2. The van der Waals surface area contributed by atoms with Crippen molar-refractivity contribution in [1.29, 1.82) is 0 Å². The van der Waals surface area contributed by atoms with Crippen molar-refractivity contribution in [3.63, 3.8) is 0 Å². The van der Waals surface area contributed by atoms with Gasteiger partial charge >= 0.3 is 0 Å². The topological polar surface area (TPSA) is 38.7 Å². The maximum atomic E-state index is 10.3. The van der Waals surface area contributed by atoms with Crippen LogP contribution in [-0.4, -0.2) is 18.3 Å². The minimum atomic E-state index is -0.679. The van der Waals surface area contributed by atoms with E-state index in [-0.39, 0.29) is 6.10 Å². The molecule has 3 nitrogen and oxygen atoms in total. The van der Waals surface area contributed by atoms with Gasteiger partial charge in [-0.05, 0) is 36.6 Å². The molecule has 1 N–H and O–H groups in total. The van der Waals surface area contributed by atoms with E-state index >= 15 is 0 Å². The van der Waals surface area contributed by atoms with E-state index in [0.717, 1.165) is 12.0 Å². The molecular weight excluding hydrogens is 264 g/mol. The molecule has 0 aliphatic carbocycles. The Labute approximate surface area is 126 Å². The third-order valence-electron chi connectivity index (χ3n) is 3.53. The van der Waals surface area contributed by atoms with Gasteiger partial charge < -0.3 is 14.6 Å². The lowest BCUT2D eigenvalue weighted by molar-refractivity contribution is 0.0451. The number of hydrogen-bond donors (Lipinski definition) is 1. The lowest BCUT2D eigenvalue weighted by Gasteiger charge is -2.22. The van der Waals surface area contributed by atoms with Gasteiger partial charge in [-0.3, -0.25) is 0 Å². The van der Waals surface area contributed by atoms with Gasteiger partial charge in [0, 0.05) is 0 Å². The molecule has 0 aliphatic rings. The highest BCUT2D eigenvalue weighted by molar-refractivity contribution is 5.43. The molecule has 0 spiro atoms. The molecule has 2 unspecified atom stereocenters. The first-order valence-corrected chi connectivity index (χ1v) is 7.22. The molecule has 2 aromatic carbocycles. The fraction of sp³-hybridized carbons (Fsp3) is 0.333. The van der Waals surface area contributed by atoms with Crippen molar-refractivity contribution in [1.82, 2.24) is 0 Å². The van der Waals surface area contributed by atoms with Crippen LogP contribution in [-0.2, 0) is 6.42 Å². The quantitative estimate of drug-likeness (QED) is 0.878. The normalized spacial score (nSPS) is 13.5. The lowest BCUT2D eigenvalue weighted by atomic mass is 10.1. The molecule has 3 heteroatoms. The van der Waals surface area contributed by atoms with E-state index in [1.54, 1.807) is 7.11 Å². The summed E-state index contributed by atoms with van der Waals surface area (Å²) in [4.78, 5) is 0. The van der Waals surface area contributed by atoms with Crippen molar-refractivity contribution in [2.75, 3.05) is 7.11 Å². The number of aliphatic hydroxyl groups is 1. The number of methoxy groups -OCH3 is 1. The molecule has 0 saturated carbocycles. The average molecular weight is 286 g/mol. The number of benzene rings is 2. The summed E-state index contributed by atoms with van der Waals surface area (Å²) in [6.07, 6.45) is -0.103. The first-order valence-electron chi connectivity index (χ1n) is 7.22. The largest absolute Gasteiger partial charge is 0.493 e. The van der Waals surface area contributed by atoms with E-state index in [9.17, 15) is 5.11 Å². The Hall–Kier alpha value is -2.00. The van der Waals surface area contributed by atoms with Gasteiger partial charge in [-0.1, -0.05) is 43.3 Å². The molecule has 2 aromatic rings. The maximum absolute atomic E-state index is 10.3. The van der Waals surface area contributed by atoms with Crippen LogP contribution in [0.1, 0.15) is 31.1 Å². The number of rotatable bonds is 6. The number of aryl methyl sites for hydroxylation is 1. The first kappa shape index (κ1) is 15.4. The van der Waals surface area contributed by atoms with Crippen LogP contribution in [0.25, 0.3) is 0 Å². The number of aliphatic hydroxyl groups excluding tert-OH is 1. The maximum Gasteiger partial charge on any atom is 0.161 e. The smallest absolute Gasteiger partial charge is 0.161 e. The molecule has 21 heavy (non-hydrogen) atoms. The summed E-state index contributed by atoms with van der Waals surface area (Å²) >= 11 is 0. The summed E-state index contributed by atoms with van der Waals surface area (Å²) in [6.45, 7) is 3.95. The van der Waals surface area contributed by atoms with Crippen LogP contribution in [0, 0.1) is 0 Å². The van der Waals surface area contributed by atoms with Gasteiger partial charge in [-0.25, -0.2) is 0 Å². The first-order chi connectivity index (χ1) is 10.2. The zero-order chi connectivity index (χ0) is 15.2. The zero-order valence-electron chi connectivity index (χ0n) is 12.7. The fourth-order valence-electron chi connectivity index (χ4n) is 2.22. The van der Waals surface area contributed by atoms with E-state index in [1.165, 1.54) is 5.56 Å². The molecule has 0 amide bonds. The molecule has 0 radical (unpaired) electrons. The standard InChI is InChI=1S/C18H22O3/c1-4-14-10-11-16(17(12-14)20-3)21-13(2)18(19)15-8-6-5-7-9-15/h5-13,18-19H,4H2,1-3H3. The van der Waals surface area contributed by atoms with E-state index in [2.05, 4.69) is 6.92 Å². The van der Waals surface area contributed by atoms with Crippen LogP contribution in [0.4, 0.5) is 0 Å². The summed E-state index contributed by atoms with van der Waals surface area (Å²) in [5.41, 5.74) is 2.03. The van der Waals surface area contributed by atoms with Gasteiger partial charge in [0.1, 0.15) is 12.2 Å². The Bertz CT molecular complexity index is 566. The molecule has 0 bridgehead atoms. The van der Waals surface area contributed by atoms with E-state index in [1.807, 2.05) is 55.5 Å². The van der Waals surface area contributed by atoms with Crippen molar-refractivity contribution in [3.05, 3.63) is 59.7 Å². The predicted molar refractivity (Wildman–Crippen MR) is 83.9 cm³/mol. The molecule has 112 valence electrons. The lowest BCUT2D eigenvalue weighted by Crippen LogP contribution is -2.22. The van der Waals surface area contributed by atoms with Gasteiger partial charge in [0.15, 0.2) is 11.5 Å². The Morgan fingerprint density at radius 1 is 1.05 bits per heavy atom. The van der Waals surface area contributed by atoms with Crippen LogP contribution in [0.15, 0.2) is 48.5 Å². The monoisotopic (exact) mass is 286 g/mol. The van der Waals surface area contributed by atoms with Crippen molar-refractivity contribution in [2.45, 2.75) is 32.5 Å². The van der Waals surface area contributed by atoms with Crippen LogP contribution in [0.5, 0.6) is 11.5 Å². The summed E-state index contributed by atoms with van der Waals surface area (Å²) in [7, 11) is 1.62. The van der Waals surface area contributed by atoms with Crippen molar-refractivity contribution in [2.24, 2.45) is 0 Å². The SMILES string of the molecule is CCc1ccc(OC(C)C(O)c2ccccc2)c(OC)c1. The Morgan fingerprint density at radius 2 is 1.76 bits per heavy atom. The van der Waals surface area contributed by atoms with Crippen LogP contribution < -0.4 is 9.47 Å². The minimum Gasteiger partial charge on any atom is -0.493 e. The van der Waals surface area contributed by atoms with E-state index in [0.29, 0.717) is 11.5 Å². The third-order valence-corrected chi connectivity index (χ3v) is 3.53. The molecule has 0 aliphatic heterocycles. The van der Waals surface area contributed by atoms with Gasteiger partial charge in [0.2, 0.25) is 0 Å². The molecular formula is C18H22O3. The third kappa shape index (κ3) is 3.76. The zero-order valence-corrected chi connectivity index (χ0v) is 12.7. The molecule has 2 atom stereocenters. The highest BCUT2D eigenvalue weighted by atomic mass is 16.5. The van der Waals surface area contributed by atoms with Crippen LogP contribution >= 0.6 is 0 Å². The molecule has 0 aromatic heterocycles. The summed E-state index contributed by atoms with van der Waals surface area (Å²) in [6, 6.07) is 15.4. The minimum absolute atomic E-state index is 0.367. The van der Waals surface area contributed by atoms with Crippen LogP contribution in [0.3, 0.4) is 0 Å². The second-order valence-corrected chi connectivity index (χ2v) is 5.02. The van der Waals surface area contributed by atoms with Crippen molar-refractivity contribution in [3.8, 4) is 11.5 Å². The fourth-order valence-corrected chi connectivity index (χ4v) is 2.22. The molecule has 0 fully saturated rings. The van der Waals surface area contributed by atoms with E-state index in [4.69, 9.17) is 9.47 Å². The van der Waals surface area contributed by atoms with E-state index < -0.39 is 6.10 Å². The van der Waals surface area contributed by atoms with Crippen molar-refractivity contribution >= 4 is 0 Å². The molecule has 2 rings (SSSR count). The second kappa shape index (κ2) is 7.14. The number of ether oxygens (including phenoxy) is 2. The molecule has 0 saturated heterocycles. The average Bonchev–Trinajstić information content (AvgIpc) is 2.55. The van der Waals surface area contributed by atoms with Gasteiger partial charge in [-0.15, -0.1) is 0 Å². The van der Waals surface area contributed by atoms with Crippen molar-refractivity contribution < 1.29 is 14.6 Å². The van der Waals surface area contributed by atoms with Gasteiger partial charge in [0.05, 0.1) is 7.11 Å². The number of hydrogen-bond acceptors (Lipinski definition) is 3. The predicted octanol–water partition coefficient (Wildman–Crippen LogP) is 3.76. The Kier molecular flexibility index (Phi) is 5.23. The summed E-state index contributed by atoms with van der Waals surface area (Å²) in [5, 5.41) is 10.3. The highest BCUT2D eigenvalue weighted by Gasteiger charge is 2.19.